The summed E-state index contributed by atoms with van der Waals surface area (Å²) >= 11 is 5.83. The van der Waals surface area contributed by atoms with E-state index in [0.29, 0.717) is 18.2 Å². The maximum absolute atomic E-state index is 5.83. The highest BCUT2D eigenvalue weighted by atomic mass is 35.5. The third-order valence-corrected chi connectivity index (χ3v) is 1.78. The molecule has 0 aliphatic rings. The predicted molar refractivity (Wildman–Crippen MR) is 41.0 cm³/mol. The first-order valence-corrected chi connectivity index (χ1v) is 3.51. The van der Waals surface area contributed by atoms with E-state index in [9.17, 15) is 0 Å². The van der Waals surface area contributed by atoms with Gasteiger partial charge in [-0.1, -0.05) is 11.6 Å². The summed E-state index contributed by atoms with van der Waals surface area (Å²) in [4.78, 5) is 0. The maximum atomic E-state index is 5.83. The van der Waals surface area contributed by atoms with Gasteiger partial charge in [0.25, 0.3) is 0 Å². The van der Waals surface area contributed by atoms with E-state index in [0.717, 1.165) is 5.56 Å². The number of nitrogens with zero attached hydrogens (tertiary/aromatic N) is 2. The van der Waals surface area contributed by atoms with Crippen LogP contribution in [-0.4, -0.2) is 16.3 Å². The molecule has 0 amide bonds. The highest BCUT2D eigenvalue weighted by Gasteiger charge is 2.01. The van der Waals surface area contributed by atoms with Crippen LogP contribution in [-0.2, 0) is 6.54 Å². The first-order valence-electron chi connectivity index (χ1n) is 3.13. The Morgan fingerprint density at radius 2 is 2.50 bits per heavy atom. The fourth-order valence-corrected chi connectivity index (χ4v) is 0.919. The number of aromatic nitrogens is 2. The Morgan fingerprint density at radius 3 is 2.90 bits per heavy atom. The molecule has 0 aromatic carbocycles. The molecule has 1 aromatic heterocycles. The highest BCUT2D eigenvalue weighted by molar-refractivity contribution is 6.30. The van der Waals surface area contributed by atoms with Gasteiger partial charge < -0.3 is 5.73 Å². The summed E-state index contributed by atoms with van der Waals surface area (Å²) < 4.78 is 1.69. The molecule has 4 heteroatoms. The van der Waals surface area contributed by atoms with Crippen molar-refractivity contribution in [2.24, 2.45) is 5.73 Å². The topological polar surface area (TPSA) is 43.8 Å². The lowest BCUT2D eigenvalue weighted by Crippen LogP contribution is -2.10. The van der Waals surface area contributed by atoms with Gasteiger partial charge in [0.1, 0.15) is 5.15 Å². The number of aryl methyl sites for hydroxylation is 1. The number of rotatable bonds is 2. The minimum absolute atomic E-state index is 0.570. The third kappa shape index (κ3) is 1.30. The summed E-state index contributed by atoms with van der Waals surface area (Å²) in [5.41, 5.74) is 6.31. The molecule has 56 valence electrons. The summed E-state index contributed by atoms with van der Waals surface area (Å²) in [6.07, 6.45) is 1.73. The Morgan fingerprint density at radius 1 is 1.80 bits per heavy atom. The Bertz CT molecular complexity index is 219. The highest BCUT2D eigenvalue weighted by Crippen LogP contribution is 2.12. The van der Waals surface area contributed by atoms with E-state index in [2.05, 4.69) is 5.10 Å². The normalized spacial score (nSPS) is 10.3. The minimum atomic E-state index is 0.570. The maximum Gasteiger partial charge on any atom is 0.129 e. The van der Waals surface area contributed by atoms with E-state index in [1.165, 1.54) is 0 Å². The lowest BCUT2D eigenvalue weighted by Gasteiger charge is -1.98. The van der Waals surface area contributed by atoms with Crippen LogP contribution in [0.5, 0.6) is 0 Å². The number of hydrogen-bond acceptors (Lipinski definition) is 2. The van der Waals surface area contributed by atoms with Crippen LogP contribution in [0.25, 0.3) is 0 Å². The van der Waals surface area contributed by atoms with Gasteiger partial charge in [-0.25, -0.2) is 0 Å². The fourth-order valence-electron chi connectivity index (χ4n) is 0.742. The van der Waals surface area contributed by atoms with Crippen LogP contribution in [0.2, 0.25) is 5.15 Å². The minimum Gasteiger partial charge on any atom is -0.329 e. The molecule has 1 rings (SSSR count). The summed E-state index contributed by atoms with van der Waals surface area (Å²) in [6, 6.07) is 0. The van der Waals surface area contributed by atoms with Gasteiger partial charge in [-0.05, 0) is 6.92 Å². The van der Waals surface area contributed by atoms with Crippen molar-refractivity contribution in [3.8, 4) is 0 Å². The Labute approximate surface area is 64.8 Å². The molecule has 1 heterocycles. The SMILES string of the molecule is Cc1cnn(CCN)c1Cl. The lowest BCUT2D eigenvalue weighted by atomic mass is 10.4. The molecule has 0 spiro atoms. The average molecular weight is 160 g/mol. The van der Waals surface area contributed by atoms with Crippen molar-refractivity contribution in [3.63, 3.8) is 0 Å². The Kier molecular flexibility index (Phi) is 2.29. The van der Waals surface area contributed by atoms with E-state index in [4.69, 9.17) is 17.3 Å². The van der Waals surface area contributed by atoms with Crippen molar-refractivity contribution in [3.05, 3.63) is 16.9 Å². The van der Waals surface area contributed by atoms with Crippen LogP contribution in [0.15, 0.2) is 6.20 Å². The second-order valence-corrected chi connectivity index (χ2v) is 2.49. The molecular weight excluding hydrogens is 150 g/mol. The predicted octanol–water partition coefficient (Wildman–Crippen LogP) is 0.804. The molecule has 0 aliphatic heterocycles. The van der Waals surface area contributed by atoms with E-state index < -0.39 is 0 Å². The van der Waals surface area contributed by atoms with Gasteiger partial charge in [-0.15, -0.1) is 0 Å². The molecule has 0 saturated carbocycles. The first-order chi connectivity index (χ1) is 4.75. The molecular formula is C6H10ClN3. The Hall–Kier alpha value is -0.540. The smallest absolute Gasteiger partial charge is 0.129 e. The molecule has 0 bridgehead atoms. The van der Waals surface area contributed by atoms with Gasteiger partial charge >= 0.3 is 0 Å². The number of nitrogens with two attached hydrogens (primary N) is 1. The van der Waals surface area contributed by atoms with Gasteiger partial charge in [0.05, 0.1) is 12.7 Å². The lowest BCUT2D eigenvalue weighted by molar-refractivity contribution is 0.625. The molecule has 0 aliphatic carbocycles. The summed E-state index contributed by atoms with van der Waals surface area (Å²) in [5.74, 6) is 0. The first kappa shape index (κ1) is 7.57. The molecule has 0 fully saturated rings. The van der Waals surface area contributed by atoms with Gasteiger partial charge in [-0.2, -0.15) is 5.10 Å². The van der Waals surface area contributed by atoms with Crippen LogP contribution in [0.4, 0.5) is 0 Å². The zero-order valence-corrected chi connectivity index (χ0v) is 6.60. The molecule has 1 aromatic rings. The van der Waals surface area contributed by atoms with Crippen molar-refractivity contribution >= 4 is 11.6 Å². The molecule has 3 nitrogen and oxygen atoms in total. The summed E-state index contributed by atoms with van der Waals surface area (Å²) in [6.45, 7) is 3.18. The molecule has 2 N–H and O–H groups in total. The average Bonchev–Trinajstić information content (AvgIpc) is 2.20. The number of halogens is 1. The van der Waals surface area contributed by atoms with Crippen LogP contribution < -0.4 is 5.73 Å². The van der Waals surface area contributed by atoms with Crippen LogP contribution >= 0.6 is 11.6 Å². The van der Waals surface area contributed by atoms with Crippen LogP contribution in [0.1, 0.15) is 5.56 Å². The number of hydrogen-bond donors (Lipinski definition) is 1. The van der Waals surface area contributed by atoms with Gasteiger partial charge in [0, 0.05) is 12.1 Å². The largest absolute Gasteiger partial charge is 0.329 e. The van der Waals surface area contributed by atoms with E-state index in [1.807, 2.05) is 6.92 Å². The zero-order chi connectivity index (χ0) is 7.56. The monoisotopic (exact) mass is 159 g/mol. The third-order valence-electron chi connectivity index (χ3n) is 1.28. The van der Waals surface area contributed by atoms with Crippen molar-refractivity contribution < 1.29 is 0 Å². The quantitative estimate of drug-likeness (QED) is 0.694. The Balaban J connectivity index is 2.83. The second-order valence-electron chi connectivity index (χ2n) is 2.13. The van der Waals surface area contributed by atoms with Crippen molar-refractivity contribution in [2.75, 3.05) is 6.54 Å². The van der Waals surface area contributed by atoms with E-state index >= 15 is 0 Å². The molecule has 0 radical (unpaired) electrons. The summed E-state index contributed by atoms with van der Waals surface area (Å²) in [7, 11) is 0. The standard InChI is InChI=1S/C6H10ClN3/c1-5-4-9-10(3-2-8)6(5)7/h4H,2-3,8H2,1H3. The van der Waals surface area contributed by atoms with Crippen LogP contribution in [0, 0.1) is 6.92 Å². The molecule has 0 unspecified atom stereocenters. The van der Waals surface area contributed by atoms with Gasteiger partial charge in [0.15, 0.2) is 0 Å². The molecule has 10 heavy (non-hydrogen) atoms. The molecule has 0 saturated heterocycles. The van der Waals surface area contributed by atoms with Crippen molar-refractivity contribution in [1.82, 2.24) is 9.78 Å². The van der Waals surface area contributed by atoms with E-state index in [-0.39, 0.29) is 0 Å². The van der Waals surface area contributed by atoms with Crippen molar-refractivity contribution in [1.29, 1.82) is 0 Å². The van der Waals surface area contributed by atoms with E-state index in [1.54, 1.807) is 10.9 Å². The van der Waals surface area contributed by atoms with Gasteiger partial charge in [0.2, 0.25) is 0 Å². The summed E-state index contributed by atoms with van der Waals surface area (Å²) in [5, 5.41) is 4.70. The van der Waals surface area contributed by atoms with Crippen LogP contribution in [0.3, 0.4) is 0 Å². The van der Waals surface area contributed by atoms with Gasteiger partial charge in [-0.3, -0.25) is 4.68 Å². The fraction of sp³-hybridized carbons (Fsp3) is 0.500. The zero-order valence-electron chi connectivity index (χ0n) is 5.84. The second kappa shape index (κ2) is 3.03. The molecule has 0 atom stereocenters. The van der Waals surface area contributed by atoms with Crippen molar-refractivity contribution in [2.45, 2.75) is 13.5 Å².